The molecule has 3 rings (SSSR count). The monoisotopic (exact) mass is 372 g/mol. The van der Waals surface area contributed by atoms with Crippen molar-refractivity contribution in [1.82, 2.24) is 9.62 Å². The average Bonchev–Trinajstić information content (AvgIpc) is 2.66. The summed E-state index contributed by atoms with van der Waals surface area (Å²) in [6.07, 6.45) is 3.04. The van der Waals surface area contributed by atoms with Crippen LogP contribution < -0.4 is 5.32 Å². The van der Waals surface area contributed by atoms with Gasteiger partial charge in [-0.15, -0.1) is 0 Å². The lowest BCUT2D eigenvalue weighted by atomic mass is 10.0. The van der Waals surface area contributed by atoms with Crippen LogP contribution in [0.15, 0.2) is 47.4 Å². The van der Waals surface area contributed by atoms with Gasteiger partial charge in [-0.3, -0.25) is 0 Å². The fourth-order valence-electron chi connectivity index (χ4n) is 3.38. The van der Waals surface area contributed by atoms with E-state index in [4.69, 9.17) is 0 Å². The summed E-state index contributed by atoms with van der Waals surface area (Å²) in [6.45, 7) is 7.08. The fourth-order valence-corrected chi connectivity index (χ4v) is 4.90. The highest BCUT2D eigenvalue weighted by molar-refractivity contribution is 7.89. The van der Waals surface area contributed by atoms with Crippen molar-refractivity contribution in [3.05, 3.63) is 64.7 Å². The Morgan fingerprint density at radius 1 is 0.923 bits per heavy atom. The second kappa shape index (κ2) is 8.33. The first-order valence-corrected chi connectivity index (χ1v) is 10.8. The Hall–Kier alpha value is -1.69. The van der Waals surface area contributed by atoms with E-state index in [1.807, 2.05) is 12.1 Å². The summed E-state index contributed by atoms with van der Waals surface area (Å²) in [5.74, 6) is 0. The normalized spacial score (nSPS) is 15.9. The Bertz CT molecular complexity index is 839. The van der Waals surface area contributed by atoms with Crippen LogP contribution in [0.3, 0.4) is 0 Å². The van der Waals surface area contributed by atoms with Crippen LogP contribution in [0.25, 0.3) is 0 Å². The highest BCUT2D eigenvalue weighted by atomic mass is 32.2. The molecule has 1 aliphatic heterocycles. The van der Waals surface area contributed by atoms with Crippen molar-refractivity contribution in [2.75, 3.05) is 13.1 Å². The first kappa shape index (κ1) is 19.1. The number of nitrogens with zero attached hydrogens (tertiary/aromatic N) is 1. The van der Waals surface area contributed by atoms with Gasteiger partial charge in [0, 0.05) is 26.2 Å². The van der Waals surface area contributed by atoms with E-state index in [1.54, 1.807) is 16.4 Å². The number of hydrogen-bond donors (Lipinski definition) is 1. The number of nitrogens with one attached hydrogen (secondary N) is 1. The molecule has 2 aromatic carbocycles. The quantitative estimate of drug-likeness (QED) is 0.840. The third-order valence-corrected chi connectivity index (χ3v) is 7.15. The predicted molar refractivity (Wildman–Crippen MR) is 106 cm³/mol. The average molecular weight is 373 g/mol. The topological polar surface area (TPSA) is 49.4 Å². The summed E-state index contributed by atoms with van der Waals surface area (Å²) in [5.41, 5.74) is 5.02. The Morgan fingerprint density at radius 3 is 2.31 bits per heavy atom. The molecule has 0 atom stereocenters. The van der Waals surface area contributed by atoms with Crippen LogP contribution >= 0.6 is 0 Å². The Morgan fingerprint density at radius 2 is 1.62 bits per heavy atom. The molecule has 0 saturated carbocycles. The molecule has 2 aromatic rings. The minimum Gasteiger partial charge on any atom is -0.309 e. The number of piperidine rings is 1. The lowest BCUT2D eigenvalue weighted by molar-refractivity contribution is 0.346. The van der Waals surface area contributed by atoms with E-state index in [-0.39, 0.29) is 0 Å². The minimum atomic E-state index is -3.34. The molecular weight excluding hydrogens is 344 g/mol. The SMILES string of the molecule is Cc1cccc(CNCc2ccc(S(=O)(=O)N3CCCCC3)cc2)c1C. The Labute approximate surface area is 157 Å². The summed E-state index contributed by atoms with van der Waals surface area (Å²) >= 11 is 0. The maximum absolute atomic E-state index is 12.7. The Balaban J connectivity index is 1.60. The molecule has 1 fully saturated rings. The first-order chi connectivity index (χ1) is 12.5. The van der Waals surface area contributed by atoms with Gasteiger partial charge in [0.1, 0.15) is 0 Å². The third kappa shape index (κ3) is 4.34. The highest BCUT2D eigenvalue weighted by Gasteiger charge is 2.25. The molecule has 0 aliphatic carbocycles. The standard InChI is InChI=1S/C21H28N2O2S/c1-17-7-6-8-20(18(17)2)16-22-15-19-9-11-21(12-10-19)26(24,25)23-13-4-3-5-14-23/h6-12,22H,3-5,13-16H2,1-2H3. The second-order valence-electron chi connectivity index (χ2n) is 7.07. The molecule has 0 amide bonds. The number of aryl methyl sites for hydroxylation is 1. The summed E-state index contributed by atoms with van der Waals surface area (Å²) in [7, 11) is -3.34. The molecule has 1 N–H and O–H groups in total. The molecule has 1 saturated heterocycles. The summed E-state index contributed by atoms with van der Waals surface area (Å²) in [4.78, 5) is 0.401. The van der Waals surface area contributed by atoms with Crippen molar-refractivity contribution in [2.24, 2.45) is 0 Å². The maximum Gasteiger partial charge on any atom is 0.243 e. The molecule has 0 radical (unpaired) electrons. The van der Waals surface area contributed by atoms with E-state index in [0.29, 0.717) is 18.0 Å². The molecule has 0 spiro atoms. The van der Waals surface area contributed by atoms with Crippen LogP contribution in [0.2, 0.25) is 0 Å². The summed E-state index contributed by atoms with van der Waals surface area (Å²) < 4.78 is 27.0. The van der Waals surface area contributed by atoms with Gasteiger partial charge in [-0.2, -0.15) is 4.31 Å². The zero-order valence-electron chi connectivity index (χ0n) is 15.7. The molecule has 26 heavy (non-hydrogen) atoms. The van der Waals surface area contributed by atoms with Gasteiger partial charge in [0.2, 0.25) is 10.0 Å². The van der Waals surface area contributed by atoms with E-state index in [1.165, 1.54) is 16.7 Å². The molecule has 1 heterocycles. The molecule has 1 aliphatic rings. The molecule has 0 aromatic heterocycles. The molecule has 0 unspecified atom stereocenters. The molecule has 5 heteroatoms. The fraction of sp³-hybridized carbons (Fsp3) is 0.429. The van der Waals surface area contributed by atoms with Crippen LogP contribution in [0.5, 0.6) is 0 Å². The van der Waals surface area contributed by atoms with Crippen molar-refractivity contribution in [2.45, 2.75) is 51.1 Å². The van der Waals surface area contributed by atoms with Gasteiger partial charge in [-0.1, -0.05) is 36.8 Å². The zero-order chi connectivity index (χ0) is 18.6. The van der Waals surface area contributed by atoms with Gasteiger partial charge in [-0.05, 0) is 61.1 Å². The number of sulfonamides is 1. The van der Waals surface area contributed by atoms with E-state index < -0.39 is 10.0 Å². The first-order valence-electron chi connectivity index (χ1n) is 9.33. The van der Waals surface area contributed by atoms with E-state index >= 15 is 0 Å². The van der Waals surface area contributed by atoms with Gasteiger partial charge in [0.05, 0.1) is 4.90 Å². The maximum atomic E-state index is 12.7. The third-order valence-electron chi connectivity index (χ3n) is 5.24. The van der Waals surface area contributed by atoms with Crippen molar-refractivity contribution in [3.8, 4) is 0 Å². The summed E-state index contributed by atoms with van der Waals surface area (Å²) in [5, 5.41) is 3.45. The van der Waals surface area contributed by atoms with Crippen LogP contribution in [-0.2, 0) is 23.1 Å². The van der Waals surface area contributed by atoms with Crippen molar-refractivity contribution >= 4 is 10.0 Å². The van der Waals surface area contributed by atoms with Gasteiger partial charge >= 0.3 is 0 Å². The highest BCUT2D eigenvalue weighted by Crippen LogP contribution is 2.21. The zero-order valence-corrected chi connectivity index (χ0v) is 16.5. The molecule has 0 bridgehead atoms. The lowest BCUT2D eigenvalue weighted by Gasteiger charge is -2.25. The predicted octanol–water partition coefficient (Wildman–Crippen LogP) is 3.77. The van der Waals surface area contributed by atoms with Crippen molar-refractivity contribution in [3.63, 3.8) is 0 Å². The molecular formula is C21H28N2O2S. The van der Waals surface area contributed by atoms with Gasteiger partial charge in [0.15, 0.2) is 0 Å². The number of rotatable bonds is 6. The van der Waals surface area contributed by atoms with E-state index in [2.05, 4.69) is 37.4 Å². The molecule has 4 nitrogen and oxygen atoms in total. The smallest absolute Gasteiger partial charge is 0.243 e. The van der Waals surface area contributed by atoms with Gasteiger partial charge in [-0.25, -0.2) is 8.42 Å². The van der Waals surface area contributed by atoms with Crippen LogP contribution in [0, 0.1) is 13.8 Å². The minimum absolute atomic E-state index is 0.401. The van der Waals surface area contributed by atoms with Gasteiger partial charge < -0.3 is 5.32 Å². The van der Waals surface area contributed by atoms with Gasteiger partial charge in [0.25, 0.3) is 0 Å². The van der Waals surface area contributed by atoms with Crippen LogP contribution in [-0.4, -0.2) is 25.8 Å². The van der Waals surface area contributed by atoms with Crippen LogP contribution in [0.4, 0.5) is 0 Å². The van der Waals surface area contributed by atoms with Crippen molar-refractivity contribution in [1.29, 1.82) is 0 Å². The van der Waals surface area contributed by atoms with Crippen LogP contribution in [0.1, 0.15) is 41.5 Å². The molecule has 140 valence electrons. The van der Waals surface area contributed by atoms with E-state index in [9.17, 15) is 8.42 Å². The lowest BCUT2D eigenvalue weighted by Crippen LogP contribution is -2.35. The summed E-state index contributed by atoms with van der Waals surface area (Å²) in [6, 6.07) is 13.6. The van der Waals surface area contributed by atoms with E-state index in [0.717, 1.165) is 37.9 Å². The van der Waals surface area contributed by atoms with Crippen molar-refractivity contribution < 1.29 is 8.42 Å². The second-order valence-corrected chi connectivity index (χ2v) is 9.01. The Kier molecular flexibility index (Phi) is 6.12. The largest absolute Gasteiger partial charge is 0.309 e. The number of benzene rings is 2. The number of hydrogen-bond acceptors (Lipinski definition) is 3.